The molecule has 7 heteroatoms. The third-order valence-corrected chi connectivity index (χ3v) is 3.50. The minimum Gasteiger partial charge on any atom is -0.397 e. The highest BCUT2D eigenvalue weighted by Crippen LogP contribution is 2.35. The Morgan fingerprint density at radius 1 is 1.14 bits per heavy atom. The zero-order valence-corrected chi connectivity index (χ0v) is 11.8. The molecule has 7 nitrogen and oxygen atoms in total. The highest BCUT2D eigenvalue weighted by Gasteiger charge is 2.19. The number of benzene rings is 1. The average molecular weight is 295 g/mol. The van der Waals surface area contributed by atoms with Crippen molar-refractivity contribution in [1.29, 1.82) is 0 Å². The van der Waals surface area contributed by atoms with E-state index in [0.29, 0.717) is 33.3 Å². The van der Waals surface area contributed by atoms with Gasteiger partial charge < -0.3 is 11.5 Å². The number of nitrogens with two attached hydrogens (primary N) is 2. The van der Waals surface area contributed by atoms with E-state index in [1.54, 1.807) is 31.2 Å². The summed E-state index contributed by atoms with van der Waals surface area (Å²) in [6.45, 7) is 1.70. The Hall–Kier alpha value is -3.22. The highest BCUT2D eigenvalue weighted by atomic mass is 16.6. The Morgan fingerprint density at radius 3 is 2.64 bits per heavy atom. The third kappa shape index (κ3) is 2.08. The van der Waals surface area contributed by atoms with Crippen LogP contribution in [0.5, 0.6) is 0 Å². The SMILES string of the molecule is Cc1ccc2c(-c3cc(N)cnc3N)nccc2c1[N+](=O)[O-]. The lowest BCUT2D eigenvalue weighted by Gasteiger charge is -2.09. The van der Waals surface area contributed by atoms with E-state index in [0.717, 1.165) is 0 Å². The second-order valence-electron chi connectivity index (χ2n) is 4.94. The summed E-state index contributed by atoms with van der Waals surface area (Å²) in [7, 11) is 0. The fourth-order valence-electron chi connectivity index (χ4n) is 2.49. The first-order valence-electron chi connectivity index (χ1n) is 6.53. The fourth-order valence-corrected chi connectivity index (χ4v) is 2.49. The van der Waals surface area contributed by atoms with Crippen molar-refractivity contribution in [2.45, 2.75) is 6.92 Å². The standard InChI is InChI=1S/C15H13N5O2/c1-8-2-3-10-11(14(8)20(21)22)4-5-18-13(10)12-6-9(16)7-19-15(12)17/h2-7H,16H2,1H3,(H2,17,19). The number of rotatable bonds is 2. The van der Waals surface area contributed by atoms with Crippen molar-refractivity contribution < 1.29 is 4.92 Å². The minimum atomic E-state index is -0.386. The van der Waals surface area contributed by atoms with Gasteiger partial charge >= 0.3 is 0 Å². The number of hydrogen-bond acceptors (Lipinski definition) is 6. The number of nitro benzene ring substituents is 1. The molecule has 0 radical (unpaired) electrons. The van der Waals surface area contributed by atoms with Gasteiger partial charge in [0.25, 0.3) is 5.69 Å². The van der Waals surface area contributed by atoms with Crippen molar-refractivity contribution in [3.05, 3.63) is 52.3 Å². The van der Waals surface area contributed by atoms with Gasteiger partial charge in [0.15, 0.2) is 0 Å². The van der Waals surface area contributed by atoms with Gasteiger partial charge in [-0.25, -0.2) is 4.98 Å². The summed E-state index contributed by atoms with van der Waals surface area (Å²) in [5.74, 6) is 0.275. The molecule has 2 aromatic heterocycles. The van der Waals surface area contributed by atoms with Crippen LogP contribution >= 0.6 is 0 Å². The predicted molar refractivity (Wildman–Crippen MR) is 85.2 cm³/mol. The average Bonchev–Trinajstić information content (AvgIpc) is 2.48. The summed E-state index contributed by atoms with van der Waals surface area (Å²) in [6, 6.07) is 6.78. The maximum absolute atomic E-state index is 11.3. The van der Waals surface area contributed by atoms with Gasteiger partial charge in [-0.2, -0.15) is 0 Å². The molecule has 1 aromatic carbocycles. The van der Waals surface area contributed by atoms with Crippen molar-refractivity contribution in [2.75, 3.05) is 11.5 Å². The van der Waals surface area contributed by atoms with Crippen LogP contribution in [0.15, 0.2) is 36.7 Å². The van der Waals surface area contributed by atoms with Gasteiger partial charge in [-0.05, 0) is 19.1 Å². The number of aryl methyl sites for hydroxylation is 1. The van der Waals surface area contributed by atoms with Crippen LogP contribution in [0.1, 0.15) is 5.56 Å². The Morgan fingerprint density at radius 2 is 1.91 bits per heavy atom. The summed E-state index contributed by atoms with van der Waals surface area (Å²) in [6.07, 6.45) is 2.98. The number of pyridine rings is 2. The van der Waals surface area contributed by atoms with E-state index >= 15 is 0 Å². The Balaban J connectivity index is 2.40. The van der Waals surface area contributed by atoms with Crippen LogP contribution in [0.4, 0.5) is 17.2 Å². The number of nitrogens with zero attached hydrogens (tertiary/aromatic N) is 3. The molecule has 110 valence electrons. The lowest BCUT2D eigenvalue weighted by atomic mass is 10.0. The van der Waals surface area contributed by atoms with E-state index in [1.165, 1.54) is 12.4 Å². The molecule has 0 aliphatic carbocycles. The van der Waals surface area contributed by atoms with Crippen molar-refractivity contribution in [3.8, 4) is 11.3 Å². The monoisotopic (exact) mass is 295 g/mol. The molecule has 0 amide bonds. The number of fused-ring (bicyclic) bond motifs is 1. The normalized spacial score (nSPS) is 10.8. The predicted octanol–water partition coefficient (Wildman–Crippen LogP) is 2.68. The second kappa shape index (κ2) is 4.96. The molecular formula is C15H13N5O2. The van der Waals surface area contributed by atoms with Crippen molar-refractivity contribution >= 4 is 28.0 Å². The minimum absolute atomic E-state index is 0.0663. The first kappa shape index (κ1) is 13.7. The quantitative estimate of drug-likeness (QED) is 0.553. The van der Waals surface area contributed by atoms with Crippen LogP contribution in [0, 0.1) is 17.0 Å². The van der Waals surface area contributed by atoms with Gasteiger partial charge in [0.2, 0.25) is 0 Å². The summed E-state index contributed by atoms with van der Waals surface area (Å²) in [4.78, 5) is 19.3. The van der Waals surface area contributed by atoms with Gasteiger partial charge in [-0.1, -0.05) is 12.1 Å². The van der Waals surface area contributed by atoms with E-state index in [2.05, 4.69) is 9.97 Å². The molecular weight excluding hydrogens is 282 g/mol. The fraction of sp³-hybridized carbons (Fsp3) is 0.0667. The van der Waals surface area contributed by atoms with Gasteiger partial charge in [-0.15, -0.1) is 0 Å². The van der Waals surface area contributed by atoms with Crippen LogP contribution in [0.2, 0.25) is 0 Å². The largest absolute Gasteiger partial charge is 0.397 e. The molecule has 22 heavy (non-hydrogen) atoms. The Bertz CT molecular complexity index is 908. The number of anilines is 2. The smallest absolute Gasteiger partial charge is 0.280 e. The van der Waals surface area contributed by atoms with Crippen LogP contribution in [-0.2, 0) is 0 Å². The van der Waals surface area contributed by atoms with Gasteiger partial charge in [0.1, 0.15) is 5.82 Å². The number of nitro groups is 1. The number of hydrogen-bond donors (Lipinski definition) is 2. The zero-order valence-electron chi connectivity index (χ0n) is 11.8. The molecule has 3 aromatic rings. The summed E-state index contributed by atoms with van der Waals surface area (Å²) < 4.78 is 0. The molecule has 0 saturated carbocycles. The maximum Gasteiger partial charge on any atom is 0.280 e. The van der Waals surface area contributed by atoms with E-state index in [9.17, 15) is 10.1 Å². The number of aromatic nitrogens is 2. The van der Waals surface area contributed by atoms with Crippen LogP contribution < -0.4 is 11.5 Å². The van der Waals surface area contributed by atoms with Crippen molar-refractivity contribution in [2.24, 2.45) is 0 Å². The Labute approximate surface area is 125 Å². The molecule has 0 fully saturated rings. The molecule has 0 saturated heterocycles. The summed E-state index contributed by atoms with van der Waals surface area (Å²) in [5, 5.41) is 12.5. The first-order valence-corrected chi connectivity index (χ1v) is 6.53. The molecule has 0 atom stereocenters. The maximum atomic E-state index is 11.3. The lowest BCUT2D eigenvalue weighted by molar-refractivity contribution is -0.383. The van der Waals surface area contributed by atoms with E-state index in [4.69, 9.17) is 11.5 Å². The van der Waals surface area contributed by atoms with Gasteiger partial charge in [0, 0.05) is 22.7 Å². The summed E-state index contributed by atoms with van der Waals surface area (Å²) >= 11 is 0. The highest BCUT2D eigenvalue weighted by molar-refractivity contribution is 6.01. The molecule has 0 bridgehead atoms. The topological polar surface area (TPSA) is 121 Å². The zero-order chi connectivity index (χ0) is 15.9. The van der Waals surface area contributed by atoms with E-state index in [-0.39, 0.29) is 16.4 Å². The van der Waals surface area contributed by atoms with Crippen LogP contribution in [-0.4, -0.2) is 14.9 Å². The van der Waals surface area contributed by atoms with Crippen molar-refractivity contribution in [1.82, 2.24) is 9.97 Å². The molecule has 0 spiro atoms. The van der Waals surface area contributed by atoms with Gasteiger partial charge in [-0.3, -0.25) is 15.1 Å². The van der Waals surface area contributed by atoms with Crippen LogP contribution in [0.3, 0.4) is 0 Å². The molecule has 3 rings (SSSR count). The molecule has 0 aliphatic heterocycles. The van der Waals surface area contributed by atoms with E-state index < -0.39 is 0 Å². The molecule has 4 N–H and O–H groups in total. The van der Waals surface area contributed by atoms with Gasteiger partial charge in [0.05, 0.1) is 27.9 Å². The van der Waals surface area contributed by atoms with E-state index in [1.807, 2.05) is 0 Å². The molecule has 2 heterocycles. The van der Waals surface area contributed by atoms with Crippen molar-refractivity contribution in [3.63, 3.8) is 0 Å². The number of nitrogen functional groups attached to an aromatic ring is 2. The second-order valence-corrected chi connectivity index (χ2v) is 4.94. The molecule has 0 aliphatic rings. The Kier molecular flexibility index (Phi) is 3.10. The van der Waals surface area contributed by atoms with Crippen LogP contribution in [0.25, 0.3) is 22.0 Å². The third-order valence-electron chi connectivity index (χ3n) is 3.50. The lowest BCUT2D eigenvalue weighted by Crippen LogP contribution is -1.99. The first-order chi connectivity index (χ1) is 10.5. The summed E-state index contributed by atoms with van der Waals surface area (Å²) in [5.41, 5.74) is 13.8. The molecule has 0 unspecified atom stereocenters.